The van der Waals surface area contributed by atoms with Gasteiger partial charge >= 0.3 is 6.18 Å². The van der Waals surface area contributed by atoms with Crippen LogP contribution in [0.1, 0.15) is 28.8 Å². The fourth-order valence-electron chi connectivity index (χ4n) is 2.47. The summed E-state index contributed by atoms with van der Waals surface area (Å²) in [5, 5.41) is 7.98. The van der Waals surface area contributed by atoms with Crippen molar-refractivity contribution in [3.63, 3.8) is 0 Å². The zero-order valence-corrected chi connectivity index (χ0v) is 12.6. The van der Waals surface area contributed by atoms with E-state index < -0.39 is 11.2 Å². The van der Waals surface area contributed by atoms with Crippen LogP contribution in [0.25, 0.3) is 0 Å². The van der Waals surface area contributed by atoms with Gasteiger partial charge in [-0.15, -0.1) is 11.3 Å². The third-order valence-corrected chi connectivity index (χ3v) is 4.42. The first kappa shape index (κ1) is 15.4. The molecule has 0 spiro atoms. The predicted octanol–water partition coefficient (Wildman–Crippen LogP) is 2.52. The van der Waals surface area contributed by atoms with E-state index in [9.17, 15) is 13.2 Å². The maximum atomic E-state index is 12.5. The summed E-state index contributed by atoms with van der Waals surface area (Å²) in [6, 6.07) is 0.0419. The molecule has 0 aromatic carbocycles. The third-order valence-electron chi connectivity index (χ3n) is 3.48. The molecule has 1 aliphatic heterocycles. The van der Waals surface area contributed by atoms with Crippen LogP contribution in [0.15, 0.2) is 17.8 Å². The van der Waals surface area contributed by atoms with Gasteiger partial charge in [0.15, 0.2) is 5.01 Å². The Bertz CT molecular complexity index is 639. The minimum atomic E-state index is -4.38. The number of nitrogens with one attached hydrogen (secondary N) is 1. The summed E-state index contributed by atoms with van der Waals surface area (Å²) in [6.07, 6.45) is -0.0766. The lowest BCUT2D eigenvalue weighted by Crippen LogP contribution is -2.31. The topological polar surface area (TPSA) is 52.0 Å². The van der Waals surface area contributed by atoms with Gasteiger partial charge in [-0.25, -0.2) is 4.98 Å². The number of aryl methyl sites for hydroxylation is 1. The zero-order valence-electron chi connectivity index (χ0n) is 11.8. The van der Waals surface area contributed by atoms with Crippen LogP contribution in [0, 0.1) is 0 Å². The van der Waals surface area contributed by atoms with Gasteiger partial charge in [-0.3, -0.25) is 4.68 Å². The van der Waals surface area contributed by atoms with Gasteiger partial charge in [0.25, 0.3) is 0 Å². The van der Waals surface area contributed by atoms with Gasteiger partial charge in [-0.1, -0.05) is 0 Å². The Kier molecular flexibility index (Phi) is 4.20. The first-order chi connectivity index (χ1) is 10.4. The second-order valence-electron chi connectivity index (χ2n) is 5.16. The molecule has 0 bridgehead atoms. The second kappa shape index (κ2) is 5.98. The molecule has 2 aromatic rings. The van der Waals surface area contributed by atoms with E-state index in [0.29, 0.717) is 23.6 Å². The Labute approximate surface area is 129 Å². The van der Waals surface area contributed by atoms with Crippen molar-refractivity contribution >= 4 is 11.3 Å². The monoisotopic (exact) mass is 332 g/mol. The van der Waals surface area contributed by atoms with E-state index in [1.54, 1.807) is 10.9 Å². The normalized spacial score (nSPS) is 22.4. The number of alkyl halides is 3. The summed E-state index contributed by atoms with van der Waals surface area (Å²) in [7, 11) is 1.83. The van der Waals surface area contributed by atoms with Crippen LogP contribution in [0.3, 0.4) is 0 Å². The summed E-state index contributed by atoms with van der Waals surface area (Å²) < 4.78 is 45.0. The number of nitrogens with zero attached hydrogens (tertiary/aromatic N) is 3. The molecular weight excluding hydrogens is 317 g/mol. The van der Waals surface area contributed by atoms with Gasteiger partial charge in [0.2, 0.25) is 0 Å². The molecule has 1 N–H and O–H groups in total. The Hall–Kier alpha value is -1.45. The number of hydrogen-bond acceptors (Lipinski definition) is 5. The number of hydrogen-bond donors (Lipinski definition) is 1. The van der Waals surface area contributed by atoms with Crippen LogP contribution >= 0.6 is 11.3 Å². The second-order valence-corrected chi connectivity index (χ2v) is 6.01. The lowest BCUT2D eigenvalue weighted by Gasteiger charge is -2.18. The molecule has 1 fully saturated rings. The van der Waals surface area contributed by atoms with Crippen molar-refractivity contribution < 1.29 is 17.9 Å². The molecule has 0 radical (unpaired) electrons. The highest BCUT2D eigenvalue weighted by atomic mass is 32.1. The summed E-state index contributed by atoms with van der Waals surface area (Å²) in [5.74, 6) is 0. The highest BCUT2D eigenvalue weighted by molar-refractivity contribution is 7.09. The predicted molar refractivity (Wildman–Crippen MR) is 74.3 cm³/mol. The number of aromatic nitrogens is 3. The minimum Gasteiger partial charge on any atom is -0.372 e. The van der Waals surface area contributed by atoms with Crippen molar-refractivity contribution in [2.45, 2.75) is 31.3 Å². The molecular formula is C13H15F3N4OS. The van der Waals surface area contributed by atoms with E-state index in [0.717, 1.165) is 12.0 Å². The van der Waals surface area contributed by atoms with Crippen LogP contribution in [-0.4, -0.2) is 27.4 Å². The Morgan fingerprint density at radius 3 is 2.95 bits per heavy atom. The summed E-state index contributed by atoms with van der Waals surface area (Å²) in [4.78, 5) is 3.62. The van der Waals surface area contributed by atoms with Crippen molar-refractivity contribution in [1.29, 1.82) is 0 Å². The SMILES string of the molecule is Cn1cc([C@@H]2OCC[C@H]2NCc2csc(C(F)(F)F)n2)cn1. The molecule has 22 heavy (non-hydrogen) atoms. The molecule has 3 rings (SSSR count). The fraction of sp³-hybridized carbons (Fsp3) is 0.538. The Balaban J connectivity index is 1.62. The maximum absolute atomic E-state index is 12.5. The molecule has 3 heterocycles. The molecule has 2 aromatic heterocycles. The largest absolute Gasteiger partial charge is 0.443 e. The van der Waals surface area contributed by atoms with Crippen molar-refractivity contribution in [3.8, 4) is 0 Å². The number of thiazole rings is 1. The smallest absolute Gasteiger partial charge is 0.372 e. The van der Waals surface area contributed by atoms with Gasteiger partial charge in [0, 0.05) is 43.4 Å². The van der Waals surface area contributed by atoms with Crippen molar-refractivity contribution in [3.05, 3.63) is 34.0 Å². The number of halogens is 3. The molecule has 120 valence electrons. The standard InChI is InChI=1S/C13H15F3N4OS/c1-20-6-8(4-18-20)11-10(2-3-21-11)17-5-9-7-22-12(19-9)13(14,15)16/h4,6-7,10-11,17H,2-3,5H2,1H3/t10-,11+/m1/s1. The van der Waals surface area contributed by atoms with Crippen molar-refractivity contribution in [2.24, 2.45) is 7.05 Å². The Morgan fingerprint density at radius 2 is 2.32 bits per heavy atom. The van der Waals surface area contributed by atoms with Gasteiger partial charge in [-0.2, -0.15) is 18.3 Å². The molecule has 0 amide bonds. The molecule has 1 saturated heterocycles. The average Bonchev–Trinajstić information content (AvgIpc) is 3.15. The molecule has 1 aliphatic rings. The molecule has 5 nitrogen and oxygen atoms in total. The van der Waals surface area contributed by atoms with E-state index in [-0.39, 0.29) is 18.7 Å². The van der Waals surface area contributed by atoms with Gasteiger partial charge in [0.1, 0.15) is 6.10 Å². The van der Waals surface area contributed by atoms with E-state index in [2.05, 4.69) is 15.4 Å². The highest BCUT2D eigenvalue weighted by Gasteiger charge is 2.35. The first-order valence-corrected chi connectivity index (χ1v) is 7.66. The van der Waals surface area contributed by atoms with Crippen LogP contribution in [0.4, 0.5) is 13.2 Å². The average molecular weight is 332 g/mol. The lowest BCUT2D eigenvalue weighted by atomic mass is 10.1. The quantitative estimate of drug-likeness (QED) is 0.935. The number of ether oxygens (including phenoxy) is 1. The van der Waals surface area contributed by atoms with Crippen molar-refractivity contribution in [1.82, 2.24) is 20.1 Å². The molecule has 0 saturated carbocycles. The minimum absolute atomic E-state index is 0.0419. The summed E-state index contributed by atoms with van der Waals surface area (Å²) in [5.41, 5.74) is 1.36. The van der Waals surface area contributed by atoms with E-state index in [1.807, 2.05) is 13.2 Å². The maximum Gasteiger partial charge on any atom is 0.443 e. The number of rotatable bonds is 4. The van der Waals surface area contributed by atoms with Crippen LogP contribution in [-0.2, 0) is 24.5 Å². The van der Waals surface area contributed by atoms with Gasteiger partial charge < -0.3 is 10.1 Å². The molecule has 9 heteroatoms. The summed E-state index contributed by atoms with van der Waals surface area (Å²) in [6.45, 7) is 0.902. The van der Waals surface area contributed by atoms with Crippen LogP contribution < -0.4 is 5.32 Å². The van der Waals surface area contributed by atoms with Crippen LogP contribution in [0.2, 0.25) is 0 Å². The lowest BCUT2D eigenvalue weighted by molar-refractivity contribution is -0.137. The van der Waals surface area contributed by atoms with Gasteiger partial charge in [-0.05, 0) is 6.42 Å². The van der Waals surface area contributed by atoms with Gasteiger partial charge in [0.05, 0.1) is 11.9 Å². The first-order valence-electron chi connectivity index (χ1n) is 6.78. The molecule has 0 unspecified atom stereocenters. The Morgan fingerprint density at radius 1 is 1.50 bits per heavy atom. The van der Waals surface area contributed by atoms with E-state index in [4.69, 9.17) is 4.74 Å². The zero-order chi connectivity index (χ0) is 15.7. The van der Waals surface area contributed by atoms with Crippen LogP contribution in [0.5, 0.6) is 0 Å². The third kappa shape index (κ3) is 3.31. The summed E-state index contributed by atoms with van der Waals surface area (Å²) >= 11 is 0.619. The van der Waals surface area contributed by atoms with E-state index in [1.165, 1.54) is 5.38 Å². The fourth-order valence-corrected chi connectivity index (χ4v) is 3.16. The van der Waals surface area contributed by atoms with Crippen molar-refractivity contribution in [2.75, 3.05) is 6.61 Å². The highest BCUT2D eigenvalue weighted by Crippen LogP contribution is 2.32. The molecule has 0 aliphatic carbocycles. The van der Waals surface area contributed by atoms with E-state index >= 15 is 0 Å². The molecule has 2 atom stereocenters.